The van der Waals surface area contributed by atoms with Crippen molar-refractivity contribution in [3.8, 4) is 17.2 Å². The minimum atomic E-state index is -0.220. The summed E-state index contributed by atoms with van der Waals surface area (Å²) in [7, 11) is 0. The van der Waals surface area contributed by atoms with Crippen LogP contribution >= 0.6 is 11.6 Å². The minimum Gasteiger partial charge on any atom is -0.494 e. The molecule has 1 amide bonds. The SMILES string of the molecule is CCOc1ccc(CC(=O)N/N=C\c2cc(Cl)c(OCC)c(OCC)c2)cc1. The molecule has 0 unspecified atom stereocenters. The van der Waals surface area contributed by atoms with Crippen LogP contribution in [0.25, 0.3) is 0 Å². The van der Waals surface area contributed by atoms with E-state index >= 15 is 0 Å². The number of carbonyl (C=O) groups is 1. The van der Waals surface area contributed by atoms with Crippen molar-refractivity contribution < 1.29 is 19.0 Å². The molecule has 150 valence electrons. The van der Waals surface area contributed by atoms with Crippen LogP contribution in [-0.4, -0.2) is 31.9 Å². The molecule has 2 rings (SSSR count). The van der Waals surface area contributed by atoms with Crippen molar-refractivity contribution in [2.45, 2.75) is 27.2 Å². The normalized spacial score (nSPS) is 10.7. The Morgan fingerprint density at radius 3 is 2.36 bits per heavy atom. The molecule has 0 aliphatic rings. The molecule has 0 aliphatic heterocycles. The fraction of sp³-hybridized carbons (Fsp3) is 0.333. The fourth-order valence-corrected chi connectivity index (χ4v) is 2.76. The van der Waals surface area contributed by atoms with Crippen LogP contribution in [0.15, 0.2) is 41.5 Å². The van der Waals surface area contributed by atoms with Crippen LogP contribution in [0.3, 0.4) is 0 Å². The van der Waals surface area contributed by atoms with Gasteiger partial charge in [0.1, 0.15) is 5.75 Å². The van der Waals surface area contributed by atoms with E-state index in [1.165, 1.54) is 6.21 Å². The van der Waals surface area contributed by atoms with E-state index in [1.54, 1.807) is 12.1 Å². The van der Waals surface area contributed by atoms with Crippen LogP contribution in [0.1, 0.15) is 31.9 Å². The third-order valence-corrected chi connectivity index (χ3v) is 3.90. The molecule has 0 saturated carbocycles. The molecule has 2 aromatic rings. The molecule has 0 atom stereocenters. The van der Waals surface area contributed by atoms with E-state index in [4.69, 9.17) is 25.8 Å². The van der Waals surface area contributed by atoms with Gasteiger partial charge in [-0.15, -0.1) is 0 Å². The number of amides is 1. The monoisotopic (exact) mass is 404 g/mol. The van der Waals surface area contributed by atoms with E-state index in [1.807, 2.05) is 45.0 Å². The molecule has 0 aliphatic carbocycles. The molecular formula is C21H25ClN2O4. The molecule has 7 heteroatoms. The average molecular weight is 405 g/mol. The van der Waals surface area contributed by atoms with Crippen molar-refractivity contribution in [1.29, 1.82) is 0 Å². The maximum absolute atomic E-state index is 12.1. The van der Waals surface area contributed by atoms with Gasteiger partial charge in [-0.2, -0.15) is 5.10 Å². The molecule has 28 heavy (non-hydrogen) atoms. The Hall–Kier alpha value is -2.73. The van der Waals surface area contributed by atoms with Crippen LogP contribution in [0, 0.1) is 0 Å². The van der Waals surface area contributed by atoms with E-state index < -0.39 is 0 Å². The zero-order valence-electron chi connectivity index (χ0n) is 16.3. The first-order valence-corrected chi connectivity index (χ1v) is 9.57. The van der Waals surface area contributed by atoms with Gasteiger partial charge in [0, 0.05) is 0 Å². The fourth-order valence-electron chi connectivity index (χ4n) is 2.48. The molecule has 0 saturated heterocycles. The standard InChI is InChI=1S/C21H25ClN2O4/c1-4-26-17-9-7-15(8-10-17)13-20(25)24-23-14-16-11-18(22)21(28-6-3)19(12-16)27-5-2/h7-12,14H,4-6,13H2,1-3H3,(H,24,25)/b23-14-. The maximum Gasteiger partial charge on any atom is 0.244 e. The molecular weight excluding hydrogens is 380 g/mol. The second kappa shape index (κ2) is 11.2. The summed E-state index contributed by atoms with van der Waals surface area (Å²) in [5.41, 5.74) is 4.08. The van der Waals surface area contributed by atoms with Gasteiger partial charge in [0.15, 0.2) is 11.5 Å². The quantitative estimate of drug-likeness (QED) is 0.475. The van der Waals surface area contributed by atoms with Gasteiger partial charge in [-0.05, 0) is 56.2 Å². The second-order valence-corrected chi connectivity index (χ2v) is 6.15. The lowest BCUT2D eigenvalue weighted by atomic mass is 10.1. The topological polar surface area (TPSA) is 69.2 Å². The summed E-state index contributed by atoms with van der Waals surface area (Å²) in [6.07, 6.45) is 1.73. The number of nitrogens with zero attached hydrogens (tertiary/aromatic N) is 1. The lowest BCUT2D eigenvalue weighted by molar-refractivity contribution is -0.120. The summed E-state index contributed by atoms with van der Waals surface area (Å²) >= 11 is 6.27. The van der Waals surface area contributed by atoms with Crippen LogP contribution in [0.2, 0.25) is 5.02 Å². The van der Waals surface area contributed by atoms with Crippen LogP contribution < -0.4 is 19.6 Å². The first-order valence-electron chi connectivity index (χ1n) is 9.20. The van der Waals surface area contributed by atoms with Gasteiger partial charge >= 0.3 is 0 Å². The highest BCUT2D eigenvalue weighted by molar-refractivity contribution is 6.32. The number of carbonyl (C=O) groups excluding carboxylic acids is 1. The Labute approximate surface area is 170 Å². The first kappa shape index (κ1) is 21.6. The number of ether oxygens (including phenoxy) is 3. The molecule has 2 aromatic carbocycles. The number of hydrazone groups is 1. The molecule has 0 radical (unpaired) electrons. The van der Waals surface area contributed by atoms with E-state index in [0.29, 0.717) is 41.9 Å². The highest BCUT2D eigenvalue weighted by Gasteiger charge is 2.11. The number of halogens is 1. The Balaban J connectivity index is 1.98. The number of rotatable bonds is 10. The Morgan fingerprint density at radius 1 is 1.04 bits per heavy atom. The summed E-state index contributed by atoms with van der Waals surface area (Å²) in [5.74, 6) is 1.60. The minimum absolute atomic E-state index is 0.220. The van der Waals surface area contributed by atoms with E-state index in [-0.39, 0.29) is 12.3 Å². The van der Waals surface area contributed by atoms with Crippen molar-refractivity contribution in [2.75, 3.05) is 19.8 Å². The van der Waals surface area contributed by atoms with Crippen molar-refractivity contribution >= 4 is 23.7 Å². The van der Waals surface area contributed by atoms with Crippen molar-refractivity contribution in [2.24, 2.45) is 5.10 Å². The zero-order valence-corrected chi connectivity index (χ0v) is 17.1. The van der Waals surface area contributed by atoms with Gasteiger partial charge in [-0.1, -0.05) is 23.7 Å². The molecule has 0 fully saturated rings. The molecule has 0 spiro atoms. The third-order valence-electron chi connectivity index (χ3n) is 3.62. The largest absolute Gasteiger partial charge is 0.494 e. The van der Waals surface area contributed by atoms with Gasteiger partial charge in [0.2, 0.25) is 5.91 Å². The summed E-state index contributed by atoms with van der Waals surface area (Å²) < 4.78 is 16.5. The van der Waals surface area contributed by atoms with E-state index in [9.17, 15) is 4.79 Å². The summed E-state index contributed by atoms with van der Waals surface area (Å²) in [5, 5.41) is 4.42. The number of hydrogen-bond donors (Lipinski definition) is 1. The highest BCUT2D eigenvalue weighted by Crippen LogP contribution is 2.36. The van der Waals surface area contributed by atoms with Gasteiger partial charge in [0.25, 0.3) is 0 Å². The Bertz CT molecular complexity index is 807. The van der Waals surface area contributed by atoms with Crippen LogP contribution in [0.4, 0.5) is 0 Å². The van der Waals surface area contributed by atoms with Crippen molar-refractivity contribution in [1.82, 2.24) is 5.43 Å². The number of hydrogen-bond acceptors (Lipinski definition) is 5. The predicted molar refractivity (Wildman–Crippen MR) is 111 cm³/mol. The van der Waals surface area contributed by atoms with Gasteiger partial charge in [-0.25, -0.2) is 5.43 Å². The second-order valence-electron chi connectivity index (χ2n) is 5.74. The van der Waals surface area contributed by atoms with Crippen LogP contribution in [-0.2, 0) is 11.2 Å². The van der Waals surface area contributed by atoms with Crippen molar-refractivity contribution in [3.05, 3.63) is 52.5 Å². The molecule has 6 nitrogen and oxygen atoms in total. The molecule has 0 heterocycles. The molecule has 0 bridgehead atoms. The smallest absolute Gasteiger partial charge is 0.244 e. The lowest BCUT2D eigenvalue weighted by Crippen LogP contribution is -2.19. The lowest BCUT2D eigenvalue weighted by Gasteiger charge is -2.13. The molecule has 1 N–H and O–H groups in total. The average Bonchev–Trinajstić information content (AvgIpc) is 2.66. The van der Waals surface area contributed by atoms with E-state index in [2.05, 4.69) is 10.5 Å². The van der Waals surface area contributed by atoms with Gasteiger partial charge in [-0.3, -0.25) is 4.79 Å². The Morgan fingerprint density at radius 2 is 1.71 bits per heavy atom. The molecule has 0 aromatic heterocycles. The summed E-state index contributed by atoms with van der Waals surface area (Å²) in [6.45, 7) is 7.25. The van der Waals surface area contributed by atoms with Crippen molar-refractivity contribution in [3.63, 3.8) is 0 Å². The Kier molecular flexibility index (Phi) is 8.62. The maximum atomic E-state index is 12.1. The first-order chi connectivity index (χ1) is 13.6. The summed E-state index contributed by atoms with van der Waals surface area (Å²) in [6, 6.07) is 10.9. The number of benzene rings is 2. The predicted octanol–water partition coefficient (Wildman–Crippen LogP) is 4.23. The summed E-state index contributed by atoms with van der Waals surface area (Å²) in [4.78, 5) is 12.1. The van der Waals surface area contributed by atoms with Gasteiger partial charge < -0.3 is 14.2 Å². The van der Waals surface area contributed by atoms with Crippen LogP contribution in [0.5, 0.6) is 17.2 Å². The third kappa shape index (κ3) is 6.46. The van der Waals surface area contributed by atoms with E-state index in [0.717, 1.165) is 11.3 Å². The highest BCUT2D eigenvalue weighted by atomic mass is 35.5. The van der Waals surface area contributed by atoms with Gasteiger partial charge in [0.05, 0.1) is 37.5 Å². The number of nitrogens with one attached hydrogen (secondary N) is 1. The zero-order chi connectivity index (χ0) is 20.4.